The molecule has 0 unspecified atom stereocenters. The van der Waals surface area contributed by atoms with Crippen molar-refractivity contribution in [2.24, 2.45) is 0 Å². The zero-order valence-corrected chi connectivity index (χ0v) is 15.4. The fourth-order valence-electron chi connectivity index (χ4n) is 3.32. The summed E-state index contributed by atoms with van der Waals surface area (Å²) in [5.41, 5.74) is 1.82. The van der Waals surface area contributed by atoms with E-state index >= 15 is 0 Å². The maximum atomic E-state index is 5.88. The van der Waals surface area contributed by atoms with Crippen LogP contribution in [-0.2, 0) is 6.54 Å². The molecule has 0 aliphatic carbocycles. The van der Waals surface area contributed by atoms with Crippen LogP contribution in [-0.4, -0.2) is 44.8 Å². The summed E-state index contributed by atoms with van der Waals surface area (Å²) in [6, 6.07) is 8.27. The van der Waals surface area contributed by atoms with Gasteiger partial charge in [0.2, 0.25) is 5.89 Å². The van der Waals surface area contributed by atoms with Gasteiger partial charge in [-0.25, -0.2) is 4.98 Å². The van der Waals surface area contributed by atoms with Crippen molar-refractivity contribution in [3.05, 3.63) is 54.3 Å². The number of aromatic nitrogens is 4. The molecule has 3 aromatic rings. The summed E-state index contributed by atoms with van der Waals surface area (Å²) in [6.45, 7) is 5.61. The van der Waals surface area contributed by atoms with E-state index in [1.807, 2.05) is 12.1 Å². The van der Waals surface area contributed by atoms with Gasteiger partial charge in [-0.05, 0) is 25.5 Å². The number of rotatable bonds is 7. The minimum atomic E-state index is 0.242. The fourth-order valence-corrected chi connectivity index (χ4v) is 3.32. The fraction of sp³-hybridized carbons (Fsp3) is 0.400. The highest BCUT2D eigenvalue weighted by Gasteiger charge is 2.29. The highest BCUT2D eigenvalue weighted by atomic mass is 16.5. The van der Waals surface area contributed by atoms with Crippen molar-refractivity contribution in [2.45, 2.75) is 32.2 Å². The maximum Gasteiger partial charge on any atom is 0.267 e. The minimum Gasteiger partial charge on any atom is -0.493 e. The van der Waals surface area contributed by atoms with Crippen LogP contribution in [0.25, 0.3) is 11.6 Å². The zero-order valence-electron chi connectivity index (χ0n) is 15.4. The largest absolute Gasteiger partial charge is 0.493 e. The lowest BCUT2D eigenvalue weighted by Crippen LogP contribution is -2.20. The molecule has 3 heterocycles. The van der Waals surface area contributed by atoms with Crippen LogP contribution in [0.5, 0.6) is 5.75 Å². The summed E-state index contributed by atoms with van der Waals surface area (Å²) in [7, 11) is 0. The number of likely N-dealkylation sites (tertiary alicyclic amines) is 1. The van der Waals surface area contributed by atoms with E-state index in [1.165, 1.54) is 5.56 Å². The quantitative estimate of drug-likeness (QED) is 0.636. The SMILES string of the molecule is CCCOc1ccccc1CN1CC[C@@H](c2nnc(-c3cnccn3)o2)C1. The van der Waals surface area contributed by atoms with Gasteiger partial charge in [-0.15, -0.1) is 10.2 Å². The Hall–Kier alpha value is -2.80. The van der Waals surface area contributed by atoms with Crippen molar-refractivity contribution in [3.8, 4) is 17.3 Å². The van der Waals surface area contributed by atoms with Gasteiger partial charge in [0.25, 0.3) is 5.89 Å². The Morgan fingerprint density at radius 1 is 1.22 bits per heavy atom. The Morgan fingerprint density at radius 3 is 3.00 bits per heavy atom. The average molecular weight is 365 g/mol. The standard InChI is InChI=1S/C20H23N5O2/c1-2-11-26-18-6-4-3-5-15(18)13-25-10-7-16(14-25)19-23-24-20(27-19)17-12-21-8-9-22-17/h3-6,8-9,12,16H,2,7,10-11,13-14H2,1H3/t16-/m1/s1. The molecule has 1 saturated heterocycles. The van der Waals surface area contributed by atoms with Crippen LogP contribution in [0.4, 0.5) is 0 Å². The molecule has 0 saturated carbocycles. The van der Waals surface area contributed by atoms with Gasteiger partial charge >= 0.3 is 0 Å². The minimum absolute atomic E-state index is 0.242. The molecule has 1 aliphatic heterocycles. The normalized spacial score (nSPS) is 17.3. The van der Waals surface area contributed by atoms with Gasteiger partial charge in [-0.2, -0.15) is 0 Å². The van der Waals surface area contributed by atoms with Gasteiger partial charge in [0.15, 0.2) is 0 Å². The lowest BCUT2D eigenvalue weighted by atomic mass is 10.1. The van der Waals surface area contributed by atoms with E-state index in [9.17, 15) is 0 Å². The number of ether oxygens (including phenoxy) is 1. The summed E-state index contributed by atoms with van der Waals surface area (Å²) in [4.78, 5) is 10.7. The van der Waals surface area contributed by atoms with Crippen LogP contribution >= 0.6 is 0 Å². The van der Waals surface area contributed by atoms with Crippen molar-refractivity contribution >= 4 is 0 Å². The second kappa shape index (κ2) is 8.26. The summed E-state index contributed by atoms with van der Waals surface area (Å²) in [5.74, 6) is 2.32. The second-order valence-corrected chi connectivity index (χ2v) is 6.71. The first-order chi connectivity index (χ1) is 13.3. The molecule has 0 N–H and O–H groups in total. The van der Waals surface area contributed by atoms with E-state index in [2.05, 4.69) is 44.1 Å². The van der Waals surface area contributed by atoms with Gasteiger partial charge < -0.3 is 9.15 Å². The topological polar surface area (TPSA) is 77.2 Å². The Kier molecular flexibility index (Phi) is 5.39. The summed E-state index contributed by atoms with van der Waals surface area (Å²) in [6.07, 6.45) is 6.88. The van der Waals surface area contributed by atoms with Gasteiger partial charge in [-0.3, -0.25) is 9.88 Å². The molecule has 27 heavy (non-hydrogen) atoms. The third-order valence-corrected chi connectivity index (χ3v) is 4.67. The third-order valence-electron chi connectivity index (χ3n) is 4.67. The first-order valence-corrected chi connectivity index (χ1v) is 9.36. The predicted octanol–water partition coefficient (Wildman–Crippen LogP) is 3.30. The van der Waals surface area contributed by atoms with Crippen LogP contribution in [0.3, 0.4) is 0 Å². The highest BCUT2D eigenvalue weighted by molar-refractivity contribution is 5.43. The monoisotopic (exact) mass is 365 g/mol. The molecular formula is C20H23N5O2. The van der Waals surface area contributed by atoms with Crippen molar-refractivity contribution in [3.63, 3.8) is 0 Å². The molecule has 0 spiro atoms. The lowest BCUT2D eigenvalue weighted by Gasteiger charge is -2.18. The molecule has 2 aromatic heterocycles. The number of nitrogens with zero attached hydrogens (tertiary/aromatic N) is 5. The van der Waals surface area contributed by atoms with Crippen molar-refractivity contribution < 1.29 is 9.15 Å². The van der Waals surface area contributed by atoms with Crippen LogP contribution in [0, 0.1) is 0 Å². The number of para-hydroxylation sites is 1. The lowest BCUT2D eigenvalue weighted by molar-refractivity contribution is 0.290. The molecule has 4 rings (SSSR count). The first-order valence-electron chi connectivity index (χ1n) is 9.36. The zero-order chi connectivity index (χ0) is 18.5. The molecule has 1 fully saturated rings. The van der Waals surface area contributed by atoms with E-state index < -0.39 is 0 Å². The van der Waals surface area contributed by atoms with E-state index in [-0.39, 0.29) is 5.92 Å². The molecule has 0 radical (unpaired) electrons. The number of benzene rings is 1. The maximum absolute atomic E-state index is 5.88. The van der Waals surface area contributed by atoms with Gasteiger partial charge in [0, 0.05) is 31.0 Å². The van der Waals surface area contributed by atoms with Crippen LogP contribution in [0.1, 0.15) is 37.1 Å². The Bertz CT molecular complexity index is 868. The highest BCUT2D eigenvalue weighted by Crippen LogP contribution is 2.30. The molecule has 7 nitrogen and oxygen atoms in total. The van der Waals surface area contributed by atoms with E-state index in [0.29, 0.717) is 17.5 Å². The Balaban J connectivity index is 1.40. The Labute approximate surface area is 158 Å². The summed E-state index contributed by atoms with van der Waals surface area (Å²) in [5, 5.41) is 8.37. The smallest absolute Gasteiger partial charge is 0.267 e. The molecular weight excluding hydrogens is 342 g/mol. The third kappa shape index (κ3) is 4.14. The van der Waals surface area contributed by atoms with E-state index in [4.69, 9.17) is 9.15 Å². The molecule has 140 valence electrons. The van der Waals surface area contributed by atoms with Crippen molar-refractivity contribution in [2.75, 3.05) is 19.7 Å². The van der Waals surface area contributed by atoms with E-state index in [1.54, 1.807) is 18.6 Å². The second-order valence-electron chi connectivity index (χ2n) is 6.71. The van der Waals surface area contributed by atoms with E-state index in [0.717, 1.165) is 44.8 Å². The first kappa shape index (κ1) is 17.6. The van der Waals surface area contributed by atoms with Gasteiger partial charge in [-0.1, -0.05) is 25.1 Å². The molecule has 1 aromatic carbocycles. The number of hydrogen-bond acceptors (Lipinski definition) is 7. The number of hydrogen-bond donors (Lipinski definition) is 0. The average Bonchev–Trinajstić information content (AvgIpc) is 3.37. The summed E-state index contributed by atoms with van der Waals surface area (Å²) >= 11 is 0. The molecule has 1 atom stereocenters. The van der Waals surface area contributed by atoms with Crippen molar-refractivity contribution in [1.82, 2.24) is 25.1 Å². The molecule has 7 heteroatoms. The van der Waals surface area contributed by atoms with Crippen molar-refractivity contribution in [1.29, 1.82) is 0 Å². The van der Waals surface area contributed by atoms with Crippen LogP contribution in [0.2, 0.25) is 0 Å². The van der Waals surface area contributed by atoms with Gasteiger partial charge in [0.05, 0.1) is 18.7 Å². The molecule has 1 aliphatic rings. The molecule has 0 amide bonds. The predicted molar refractivity (Wildman–Crippen MR) is 100 cm³/mol. The Morgan fingerprint density at radius 2 is 2.15 bits per heavy atom. The van der Waals surface area contributed by atoms with Crippen LogP contribution in [0.15, 0.2) is 47.3 Å². The molecule has 0 bridgehead atoms. The van der Waals surface area contributed by atoms with Crippen LogP contribution < -0.4 is 4.74 Å². The summed E-state index contributed by atoms with van der Waals surface area (Å²) < 4.78 is 11.7. The van der Waals surface area contributed by atoms with Gasteiger partial charge in [0.1, 0.15) is 11.4 Å².